The zero-order valence-electron chi connectivity index (χ0n) is 38.5. The average Bonchev–Trinajstić information content (AvgIpc) is 4.16. The lowest BCUT2D eigenvalue weighted by atomic mass is 9.92. The summed E-state index contributed by atoms with van der Waals surface area (Å²) in [6.07, 6.45) is 11.0. The van der Waals surface area contributed by atoms with Crippen LogP contribution in [-0.2, 0) is 54.6 Å². The number of carbonyl (C=O) groups is 4. The summed E-state index contributed by atoms with van der Waals surface area (Å²) in [5, 5.41) is 8.96. The summed E-state index contributed by atoms with van der Waals surface area (Å²) in [5.74, 6) is 0.493. The van der Waals surface area contributed by atoms with Crippen molar-refractivity contribution in [2.24, 2.45) is 5.92 Å². The van der Waals surface area contributed by atoms with Gasteiger partial charge in [-0.25, -0.2) is 9.97 Å². The zero-order chi connectivity index (χ0) is 45.6. The van der Waals surface area contributed by atoms with E-state index in [0.717, 1.165) is 42.9 Å². The molecule has 15 heteroatoms. The number of ether oxygens (including phenoxy) is 2. The number of likely N-dealkylation sites (N-methyl/N-ethyl adjacent to an activating group) is 2. The third kappa shape index (κ3) is 12.7. The maximum absolute atomic E-state index is 14.5. The van der Waals surface area contributed by atoms with E-state index in [1.165, 1.54) is 5.56 Å². The number of Topliss-reactive ketones (excluding diaryl/α,β-unsaturated/α-hetero) is 1. The van der Waals surface area contributed by atoms with Gasteiger partial charge in [0.15, 0.2) is 0 Å². The Hall–Kier alpha value is -5.22. The topological polar surface area (TPSA) is 165 Å². The van der Waals surface area contributed by atoms with Gasteiger partial charge in [0.25, 0.3) is 0 Å². The first-order valence-electron chi connectivity index (χ1n) is 23.1. The zero-order valence-corrected chi connectivity index (χ0v) is 38.5. The van der Waals surface area contributed by atoms with Gasteiger partial charge in [-0.3, -0.25) is 19.2 Å². The second-order valence-corrected chi connectivity index (χ2v) is 17.4. The molecule has 4 aromatic rings. The van der Waals surface area contributed by atoms with Crippen LogP contribution >= 0.6 is 0 Å². The number of nitrogens with zero attached hydrogens (tertiary/aromatic N) is 6. The van der Waals surface area contributed by atoms with E-state index >= 15 is 0 Å². The lowest BCUT2D eigenvalue weighted by Gasteiger charge is -2.33. The van der Waals surface area contributed by atoms with Crippen LogP contribution in [0.2, 0.25) is 0 Å². The first-order valence-corrected chi connectivity index (χ1v) is 23.1. The number of amides is 3. The van der Waals surface area contributed by atoms with Crippen LogP contribution in [0.4, 0.5) is 0 Å². The molecule has 3 N–H and O–H groups in total. The fraction of sp³-hybridized carbons (Fsp3) is 0.551. The summed E-state index contributed by atoms with van der Waals surface area (Å²) < 4.78 is 16.9. The van der Waals surface area contributed by atoms with Gasteiger partial charge in [0.05, 0.1) is 43.4 Å². The van der Waals surface area contributed by atoms with Crippen LogP contribution in [0, 0.1) is 5.92 Å². The Labute approximate surface area is 378 Å². The van der Waals surface area contributed by atoms with Gasteiger partial charge >= 0.3 is 0 Å². The normalized spacial score (nSPS) is 19.2. The Bertz CT molecular complexity index is 1950. The number of ketones is 1. The minimum atomic E-state index is -0.946. The molecule has 0 unspecified atom stereocenters. The lowest BCUT2D eigenvalue weighted by molar-refractivity contribution is -0.147. The van der Waals surface area contributed by atoms with Crippen LogP contribution in [0.5, 0.6) is 0 Å². The number of rotatable bonds is 24. The van der Waals surface area contributed by atoms with Crippen molar-refractivity contribution in [3.8, 4) is 0 Å². The van der Waals surface area contributed by atoms with E-state index in [-0.39, 0.29) is 55.2 Å². The van der Waals surface area contributed by atoms with Crippen LogP contribution in [0.1, 0.15) is 82.6 Å². The van der Waals surface area contributed by atoms with Gasteiger partial charge in [0.2, 0.25) is 17.7 Å². The number of imidazole rings is 2. The number of likely N-dealkylation sites (tertiary alicyclic amines) is 2. The highest BCUT2D eigenvalue weighted by Crippen LogP contribution is 2.27. The minimum Gasteiger partial charge on any atom is -0.375 e. The fourth-order valence-electron chi connectivity index (χ4n) is 8.86. The van der Waals surface area contributed by atoms with E-state index < -0.39 is 36.3 Å². The third-order valence-electron chi connectivity index (χ3n) is 13.1. The molecule has 2 aromatic heterocycles. The molecular formula is C49H69N9O6. The molecule has 6 rings (SSSR count). The van der Waals surface area contributed by atoms with E-state index in [4.69, 9.17) is 9.47 Å². The molecule has 2 aliphatic heterocycles. The second kappa shape index (κ2) is 23.6. The molecule has 0 aliphatic carbocycles. The van der Waals surface area contributed by atoms with E-state index in [2.05, 4.69) is 59.3 Å². The van der Waals surface area contributed by atoms with Crippen molar-refractivity contribution in [2.45, 2.75) is 128 Å². The highest BCUT2D eigenvalue weighted by atomic mass is 16.5. The molecule has 8 atom stereocenters. The van der Waals surface area contributed by atoms with E-state index in [0.29, 0.717) is 39.0 Å². The molecule has 3 amide bonds. The summed E-state index contributed by atoms with van der Waals surface area (Å²) in [7, 11) is 3.44. The van der Waals surface area contributed by atoms with Crippen molar-refractivity contribution < 1.29 is 28.7 Å². The van der Waals surface area contributed by atoms with Crippen LogP contribution < -0.4 is 16.0 Å². The second-order valence-electron chi connectivity index (χ2n) is 17.4. The van der Waals surface area contributed by atoms with E-state index in [1.807, 2.05) is 71.7 Å². The predicted molar refractivity (Wildman–Crippen MR) is 245 cm³/mol. The third-order valence-corrected chi connectivity index (χ3v) is 13.1. The summed E-state index contributed by atoms with van der Waals surface area (Å²) in [6.45, 7) is 9.78. The molecule has 2 saturated heterocycles. The average molecular weight is 880 g/mol. The fourth-order valence-corrected chi connectivity index (χ4v) is 8.86. The SMILES string of the molecule is CN[C@@H](C)C(=O)C[C@H](C(=O)N1CCC[C@H]1Cn1ccnc1Cc1ccccc1)[C@@H](C)OCCO[C@H](C)[C@H](NC(=O)[C@H](C)NC)C(=O)N1CCC[C@H]1Cn1ccnc1Cc1ccccc1. The van der Waals surface area contributed by atoms with Gasteiger partial charge in [-0.05, 0) is 78.6 Å². The number of hydrogen-bond donors (Lipinski definition) is 3. The molecule has 15 nitrogen and oxygen atoms in total. The van der Waals surface area contributed by atoms with Gasteiger partial charge in [0.1, 0.15) is 23.5 Å². The van der Waals surface area contributed by atoms with Crippen molar-refractivity contribution in [1.29, 1.82) is 0 Å². The number of benzene rings is 2. The number of hydrogen-bond acceptors (Lipinski definition) is 10. The van der Waals surface area contributed by atoms with Crippen LogP contribution in [0.3, 0.4) is 0 Å². The van der Waals surface area contributed by atoms with E-state index in [9.17, 15) is 19.2 Å². The molecule has 2 aromatic carbocycles. The summed E-state index contributed by atoms with van der Waals surface area (Å²) >= 11 is 0. The Kier molecular flexibility index (Phi) is 17.8. The highest BCUT2D eigenvalue weighted by Gasteiger charge is 2.40. The molecule has 2 aliphatic rings. The van der Waals surface area contributed by atoms with Crippen LogP contribution in [0.25, 0.3) is 0 Å². The molecule has 2 fully saturated rings. The largest absolute Gasteiger partial charge is 0.375 e. The van der Waals surface area contributed by atoms with Gasteiger partial charge < -0.3 is 44.4 Å². The Morgan fingerprint density at radius 1 is 0.672 bits per heavy atom. The highest BCUT2D eigenvalue weighted by molar-refractivity contribution is 5.91. The molecular weight excluding hydrogens is 811 g/mol. The quantitative estimate of drug-likeness (QED) is 0.0877. The summed E-state index contributed by atoms with van der Waals surface area (Å²) in [6, 6.07) is 18.4. The molecule has 0 radical (unpaired) electrons. The summed E-state index contributed by atoms with van der Waals surface area (Å²) in [4.78, 5) is 68.7. The summed E-state index contributed by atoms with van der Waals surface area (Å²) in [5.41, 5.74) is 2.33. The lowest BCUT2D eigenvalue weighted by Crippen LogP contribution is -2.58. The maximum Gasteiger partial charge on any atom is 0.248 e. The van der Waals surface area contributed by atoms with Crippen molar-refractivity contribution in [2.75, 3.05) is 40.4 Å². The van der Waals surface area contributed by atoms with Crippen molar-refractivity contribution in [3.63, 3.8) is 0 Å². The van der Waals surface area contributed by atoms with Crippen LogP contribution in [0.15, 0.2) is 85.5 Å². The predicted octanol–water partition coefficient (Wildman–Crippen LogP) is 4.03. The first kappa shape index (κ1) is 48.2. The minimum absolute atomic E-state index is 0.0307. The van der Waals surface area contributed by atoms with Gasteiger partial charge in [-0.15, -0.1) is 0 Å². The molecule has 0 saturated carbocycles. The Morgan fingerprint density at radius 2 is 1.16 bits per heavy atom. The number of aromatic nitrogens is 4. The first-order chi connectivity index (χ1) is 31.0. The van der Waals surface area contributed by atoms with Gasteiger partial charge in [-0.1, -0.05) is 60.7 Å². The van der Waals surface area contributed by atoms with Gasteiger partial charge in [0, 0.05) is 82.3 Å². The Balaban J connectivity index is 1.09. The smallest absolute Gasteiger partial charge is 0.248 e. The molecule has 346 valence electrons. The molecule has 0 bridgehead atoms. The number of carbonyl (C=O) groups excluding carboxylic acids is 4. The monoisotopic (exact) mass is 880 g/mol. The maximum atomic E-state index is 14.5. The Morgan fingerprint density at radius 3 is 1.66 bits per heavy atom. The molecule has 0 spiro atoms. The number of nitrogens with one attached hydrogen (secondary N) is 3. The van der Waals surface area contributed by atoms with Crippen molar-refractivity contribution >= 4 is 23.5 Å². The van der Waals surface area contributed by atoms with Crippen LogP contribution in [-0.4, -0.2) is 135 Å². The standard InChI is InChI=1S/C49H69N9O6/c1-34(50-5)43(59)31-42(48(61)57-23-13-19-40(57)32-55-25-21-52-44(55)29-38-15-9-7-10-16-38)36(3)63-27-28-64-37(4)46(54-47(60)35(2)51-6)49(62)58-24-14-20-41(58)33-56-26-22-53-45(56)30-39-17-11-8-12-18-39/h7-12,15-18,21-22,25-26,34-37,40-42,46,50-51H,13-14,19-20,23-24,27-33H2,1-6H3,(H,54,60)/t34-,35-,36+,37+,40-,41-,42-,46-/m0/s1. The van der Waals surface area contributed by atoms with Crippen molar-refractivity contribution in [3.05, 3.63) is 108 Å². The van der Waals surface area contributed by atoms with Gasteiger partial charge in [-0.2, -0.15) is 0 Å². The van der Waals surface area contributed by atoms with Crippen molar-refractivity contribution in [1.82, 2.24) is 44.9 Å². The molecule has 64 heavy (non-hydrogen) atoms. The molecule has 4 heterocycles. The van der Waals surface area contributed by atoms with E-state index in [1.54, 1.807) is 41.1 Å².